The van der Waals surface area contributed by atoms with Gasteiger partial charge in [-0.05, 0) is 49.2 Å². The van der Waals surface area contributed by atoms with Crippen LogP contribution in [0.3, 0.4) is 0 Å². The molecule has 0 unspecified atom stereocenters. The van der Waals surface area contributed by atoms with E-state index < -0.39 is 8.32 Å². The van der Waals surface area contributed by atoms with Crippen molar-refractivity contribution < 1.29 is 4.43 Å². The van der Waals surface area contributed by atoms with Crippen molar-refractivity contribution in [1.82, 2.24) is 4.98 Å². The van der Waals surface area contributed by atoms with Crippen LogP contribution in [-0.2, 0) is 4.43 Å². The Balaban J connectivity index is 1.74. The van der Waals surface area contributed by atoms with Crippen molar-refractivity contribution in [3.63, 3.8) is 0 Å². The molecule has 24 heavy (non-hydrogen) atoms. The molecule has 0 amide bonds. The molecule has 5 heteroatoms. The largest absolute Gasteiger partial charge is 0.412 e. The molecule has 3 nitrogen and oxygen atoms in total. The molecule has 0 aliphatic heterocycles. The lowest BCUT2D eigenvalue weighted by Gasteiger charge is -2.43. The van der Waals surface area contributed by atoms with E-state index in [4.69, 9.17) is 4.43 Å². The molecule has 2 aromatic rings. The molecule has 1 saturated carbocycles. The van der Waals surface area contributed by atoms with Gasteiger partial charge in [0.2, 0.25) is 0 Å². The van der Waals surface area contributed by atoms with Gasteiger partial charge in [0.1, 0.15) is 0 Å². The number of fused-ring (bicyclic) bond motifs is 1. The summed E-state index contributed by atoms with van der Waals surface area (Å²) in [7, 11) is -1.73. The Bertz CT molecular complexity index is 692. The summed E-state index contributed by atoms with van der Waals surface area (Å²) < 4.78 is 8.02. The first-order valence-electron chi connectivity index (χ1n) is 9.04. The predicted molar refractivity (Wildman–Crippen MR) is 108 cm³/mol. The van der Waals surface area contributed by atoms with E-state index in [9.17, 15) is 0 Å². The summed E-state index contributed by atoms with van der Waals surface area (Å²) in [5.74, 6) is 0. The van der Waals surface area contributed by atoms with E-state index in [1.54, 1.807) is 11.3 Å². The number of aromatic nitrogens is 1. The van der Waals surface area contributed by atoms with Gasteiger partial charge in [-0.25, -0.2) is 4.98 Å². The van der Waals surface area contributed by atoms with E-state index in [-0.39, 0.29) is 5.04 Å². The topological polar surface area (TPSA) is 34.1 Å². The first-order valence-corrected chi connectivity index (χ1v) is 12.8. The summed E-state index contributed by atoms with van der Waals surface area (Å²) in [6.07, 6.45) is 5.27. The maximum absolute atomic E-state index is 6.77. The summed E-state index contributed by atoms with van der Waals surface area (Å²) in [5.41, 5.74) is 4.20. The van der Waals surface area contributed by atoms with Gasteiger partial charge in [-0.2, -0.15) is 0 Å². The first kappa shape index (κ1) is 17.9. The Kier molecular flexibility index (Phi) is 5.05. The summed E-state index contributed by atoms with van der Waals surface area (Å²) in [6.45, 7) is 11.7. The molecular weight excluding hydrogens is 332 g/mol. The molecule has 0 spiro atoms. The molecule has 1 N–H and O–H groups in total. The maximum Gasteiger partial charge on any atom is 0.192 e. The molecule has 1 aliphatic rings. The van der Waals surface area contributed by atoms with Gasteiger partial charge in [-0.15, -0.1) is 11.3 Å². The highest BCUT2D eigenvalue weighted by Gasteiger charge is 2.41. The lowest BCUT2D eigenvalue weighted by molar-refractivity contribution is 0.124. The van der Waals surface area contributed by atoms with E-state index in [1.807, 2.05) is 5.51 Å². The Hall–Kier alpha value is -0.913. The van der Waals surface area contributed by atoms with Crippen LogP contribution in [0.5, 0.6) is 0 Å². The Labute approximate surface area is 151 Å². The third-order valence-corrected chi connectivity index (χ3v) is 10.9. The van der Waals surface area contributed by atoms with Crippen LogP contribution >= 0.6 is 11.3 Å². The van der Waals surface area contributed by atoms with Crippen molar-refractivity contribution >= 4 is 35.6 Å². The van der Waals surface area contributed by atoms with Gasteiger partial charge in [0, 0.05) is 5.69 Å². The molecule has 1 aliphatic carbocycles. The Morgan fingerprint density at radius 1 is 1.21 bits per heavy atom. The summed E-state index contributed by atoms with van der Waals surface area (Å²) in [5, 5.41) is 4.02. The van der Waals surface area contributed by atoms with Crippen molar-refractivity contribution in [1.29, 1.82) is 0 Å². The number of benzene rings is 1. The number of nitrogens with zero attached hydrogens (tertiary/aromatic N) is 1. The molecule has 2 atom stereocenters. The van der Waals surface area contributed by atoms with Crippen molar-refractivity contribution in [2.75, 3.05) is 5.32 Å². The van der Waals surface area contributed by atoms with Crippen LogP contribution in [0.2, 0.25) is 18.1 Å². The summed E-state index contributed by atoms with van der Waals surface area (Å²) >= 11 is 1.70. The van der Waals surface area contributed by atoms with Crippen LogP contribution in [-0.4, -0.2) is 25.4 Å². The molecule has 3 rings (SSSR count). The van der Waals surface area contributed by atoms with Crippen LogP contribution < -0.4 is 5.32 Å². The van der Waals surface area contributed by atoms with Crippen LogP contribution in [0.15, 0.2) is 23.7 Å². The molecule has 0 radical (unpaired) electrons. The second-order valence-corrected chi connectivity index (χ2v) is 14.1. The highest BCUT2D eigenvalue weighted by molar-refractivity contribution is 7.16. The average Bonchev–Trinajstić information content (AvgIpc) is 2.95. The molecular formula is C19H30N2OSSi. The van der Waals surface area contributed by atoms with E-state index in [0.29, 0.717) is 12.1 Å². The van der Waals surface area contributed by atoms with E-state index in [2.05, 4.69) is 62.4 Å². The average molecular weight is 363 g/mol. The van der Waals surface area contributed by atoms with Crippen LogP contribution in [0, 0.1) is 0 Å². The number of hydrogen-bond donors (Lipinski definition) is 1. The number of anilines is 1. The third-order valence-electron chi connectivity index (χ3n) is 5.64. The zero-order chi connectivity index (χ0) is 17.4. The predicted octanol–water partition coefficient (Wildman–Crippen LogP) is 6.04. The van der Waals surface area contributed by atoms with Crippen LogP contribution in [0.1, 0.15) is 46.5 Å². The van der Waals surface area contributed by atoms with Crippen molar-refractivity contribution in [2.45, 2.75) is 76.7 Å². The minimum atomic E-state index is -1.73. The second-order valence-electron chi connectivity index (χ2n) is 8.49. The van der Waals surface area contributed by atoms with Crippen molar-refractivity contribution in [3.8, 4) is 0 Å². The lowest BCUT2D eigenvalue weighted by atomic mass is 9.92. The fourth-order valence-corrected chi connectivity index (χ4v) is 5.23. The second kappa shape index (κ2) is 6.77. The maximum atomic E-state index is 6.77. The van der Waals surface area contributed by atoms with Gasteiger partial charge >= 0.3 is 0 Å². The van der Waals surface area contributed by atoms with Gasteiger partial charge in [-0.1, -0.05) is 33.6 Å². The molecule has 132 valence electrons. The number of thiazole rings is 1. The Morgan fingerprint density at radius 3 is 2.71 bits per heavy atom. The monoisotopic (exact) mass is 362 g/mol. The Morgan fingerprint density at radius 2 is 1.96 bits per heavy atom. The molecule has 1 heterocycles. The first-order chi connectivity index (χ1) is 11.3. The standard InChI is InChI=1S/C19H30N2OSSi/c1-19(2,3)24(4,5)22-17-9-7-6-8-15(17)21-14-10-11-16-18(12-14)23-13-20-16/h10-13,15,17,21H,6-9H2,1-5H3/t15-,17-/m1/s1. The number of nitrogens with one attached hydrogen (secondary N) is 1. The molecule has 0 saturated heterocycles. The number of rotatable bonds is 4. The van der Waals surface area contributed by atoms with Gasteiger partial charge in [0.25, 0.3) is 0 Å². The fourth-order valence-electron chi connectivity index (χ4n) is 3.12. The van der Waals surface area contributed by atoms with Gasteiger partial charge in [-0.3, -0.25) is 0 Å². The lowest BCUT2D eigenvalue weighted by Crippen LogP contribution is -2.49. The normalized spacial score (nSPS) is 22.7. The fraction of sp³-hybridized carbons (Fsp3) is 0.632. The van der Waals surface area contributed by atoms with E-state index in [0.717, 1.165) is 5.52 Å². The minimum absolute atomic E-state index is 0.260. The third kappa shape index (κ3) is 3.84. The SMILES string of the molecule is CC(C)(C)[Si](C)(C)O[C@@H]1CCCC[C@H]1Nc1ccc2ncsc2c1. The van der Waals surface area contributed by atoms with E-state index >= 15 is 0 Å². The zero-order valence-corrected chi connectivity index (χ0v) is 17.4. The van der Waals surface area contributed by atoms with Gasteiger partial charge < -0.3 is 9.74 Å². The van der Waals surface area contributed by atoms with Crippen molar-refractivity contribution in [2.24, 2.45) is 0 Å². The highest BCUT2D eigenvalue weighted by atomic mass is 32.1. The zero-order valence-electron chi connectivity index (χ0n) is 15.6. The minimum Gasteiger partial charge on any atom is -0.412 e. The number of hydrogen-bond acceptors (Lipinski definition) is 4. The molecule has 0 bridgehead atoms. The smallest absolute Gasteiger partial charge is 0.192 e. The van der Waals surface area contributed by atoms with Gasteiger partial charge in [0.15, 0.2) is 8.32 Å². The molecule has 1 aromatic heterocycles. The summed E-state index contributed by atoms with van der Waals surface area (Å²) in [4.78, 5) is 4.37. The van der Waals surface area contributed by atoms with Gasteiger partial charge in [0.05, 0.1) is 27.9 Å². The quantitative estimate of drug-likeness (QED) is 0.673. The molecule has 1 fully saturated rings. The van der Waals surface area contributed by atoms with Crippen LogP contribution in [0.4, 0.5) is 5.69 Å². The van der Waals surface area contributed by atoms with E-state index in [1.165, 1.54) is 36.1 Å². The summed E-state index contributed by atoms with van der Waals surface area (Å²) in [6, 6.07) is 6.91. The van der Waals surface area contributed by atoms with Crippen LogP contribution in [0.25, 0.3) is 10.2 Å². The van der Waals surface area contributed by atoms with Crippen molar-refractivity contribution in [3.05, 3.63) is 23.7 Å². The molecule has 1 aromatic carbocycles. The highest BCUT2D eigenvalue weighted by Crippen LogP contribution is 2.39.